The molecule has 8 heteroatoms. The van der Waals surface area contributed by atoms with Crippen LogP contribution in [0.3, 0.4) is 0 Å². The fourth-order valence-electron chi connectivity index (χ4n) is 5.42. The number of hydrogen-bond donors (Lipinski definition) is 2. The second-order valence-corrected chi connectivity index (χ2v) is 9.50. The van der Waals surface area contributed by atoms with Gasteiger partial charge in [-0.05, 0) is 61.1 Å². The number of fused-ring (bicyclic) bond motifs is 2. The van der Waals surface area contributed by atoms with Crippen LogP contribution in [0.15, 0.2) is 30.3 Å². The van der Waals surface area contributed by atoms with Gasteiger partial charge < -0.3 is 38.9 Å². The molecule has 0 bridgehead atoms. The maximum absolute atomic E-state index is 9.34. The number of phenolic OH excluding ortho intramolecular Hbond substituents is 1. The van der Waals surface area contributed by atoms with Crippen LogP contribution in [0.4, 0.5) is 0 Å². The number of benzene rings is 2. The molecule has 8 nitrogen and oxygen atoms in total. The molecule has 2 unspecified atom stereocenters. The van der Waals surface area contributed by atoms with Crippen molar-refractivity contribution in [2.45, 2.75) is 63.5 Å². The summed E-state index contributed by atoms with van der Waals surface area (Å²) >= 11 is 0. The zero-order valence-electron chi connectivity index (χ0n) is 22.3. The highest BCUT2D eigenvalue weighted by Crippen LogP contribution is 2.43. The summed E-state index contributed by atoms with van der Waals surface area (Å²) in [5, 5.41) is 13.3. The molecule has 0 radical (unpaired) electrons. The summed E-state index contributed by atoms with van der Waals surface area (Å²) in [6, 6.07) is 10.5. The normalized spacial score (nSPS) is 20.3. The van der Waals surface area contributed by atoms with Crippen molar-refractivity contribution >= 4 is 6.79 Å². The van der Waals surface area contributed by atoms with Crippen LogP contribution in [0.2, 0.25) is 0 Å². The molecular formula is C29H41NO7. The van der Waals surface area contributed by atoms with Crippen molar-refractivity contribution in [1.29, 1.82) is 0 Å². The molecule has 1 aliphatic heterocycles. The lowest BCUT2D eigenvalue weighted by Gasteiger charge is -2.36. The molecule has 2 aliphatic carbocycles. The molecule has 2 aromatic carbocycles. The number of aromatic hydroxyl groups is 1. The van der Waals surface area contributed by atoms with E-state index in [0.29, 0.717) is 36.3 Å². The Kier molecular flexibility index (Phi) is 11.4. The van der Waals surface area contributed by atoms with Crippen LogP contribution >= 0.6 is 0 Å². The number of carbonyl (C=O) groups excluding carboxylic acids is 1. The lowest BCUT2D eigenvalue weighted by Crippen LogP contribution is -2.40. The number of ether oxygens (including phenoxy) is 5. The third kappa shape index (κ3) is 7.29. The number of nitrogens with one attached hydrogen (secondary N) is 1. The minimum atomic E-state index is 0.0394. The predicted molar refractivity (Wildman–Crippen MR) is 142 cm³/mol. The zero-order valence-corrected chi connectivity index (χ0v) is 22.3. The molecule has 0 aromatic heterocycles. The van der Waals surface area contributed by atoms with E-state index in [2.05, 4.69) is 17.4 Å². The van der Waals surface area contributed by atoms with Crippen LogP contribution in [0.5, 0.6) is 28.7 Å². The predicted octanol–water partition coefficient (Wildman–Crippen LogP) is 5.20. The molecule has 1 saturated carbocycles. The third-order valence-electron chi connectivity index (χ3n) is 7.28. The lowest BCUT2D eigenvalue weighted by atomic mass is 9.79. The minimum absolute atomic E-state index is 0.0394. The molecule has 0 saturated heterocycles. The van der Waals surface area contributed by atoms with Crippen LogP contribution in [-0.4, -0.2) is 52.7 Å². The van der Waals surface area contributed by atoms with Gasteiger partial charge in [-0.15, -0.1) is 0 Å². The molecule has 204 valence electrons. The molecule has 2 N–H and O–H groups in total. The van der Waals surface area contributed by atoms with Crippen molar-refractivity contribution < 1.29 is 33.6 Å². The largest absolute Gasteiger partial charge is 0.502 e. The molecule has 0 amide bonds. The maximum atomic E-state index is 9.34. The summed E-state index contributed by atoms with van der Waals surface area (Å²) < 4.78 is 26.5. The van der Waals surface area contributed by atoms with Crippen molar-refractivity contribution in [3.05, 3.63) is 41.5 Å². The molecule has 1 fully saturated rings. The van der Waals surface area contributed by atoms with Gasteiger partial charge in [0.1, 0.15) is 6.79 Å². The van der Waals surface area contributed by atoms with Crippen molar-refractivity contribution in [3.63, 3.8) is 0 Å². The van der Waals surface area contributed by atoms with E-state index in [1.54, 1.807) is 18.2 Å². The van der Waals surface area contributed by atoms with E-state index in [0.717, 1.165) is 24.5 Å². The van der Waals surface area contributed by atoms with Gasteiger partial charge in [0.25, 0.3) is 0 Å². The smallest absolute Gasteiger partial charge is 0.231 e. The minimum Gasteiger partial charge on any atom is -0.502 e. The second-order valence-electron chi connectivity index (χ2n) is 9.50. The van der Waals surface area contributed by atoms with Gasteiger partial charge >= 0.3 is 0 Å². The van der Waals surface area contributed by atoms with Gasteiger partial charge in [-0.1, -0.05) is 31.7 Å². The fraction of sp³-hybridized carbons (Fsp3) is 0.552. The molecule has 0 spiro atoms. The number of methoxy groups -OCH3 is 3. The average molecular weight is 516 g/mol. The van der Waals surface area contributed by atoms with Crippen LogP contribution < -0.4 is 24.3 Å². The van der Waals surface area contributed by atoms with Crippen LogP contribution in [0, 0.1) is 5.92 Å². The first-order valence-electron chi connectivity index (χ1n) is 13.0. The first-order chi connectivity index (χ1) is 18.1. The van der Waals surface area contributed by atoms with Crippen molar-refractivity contribution in [2.24, 2.45) is 5.92 Å². The van der Waals surface area contributed by atoms with E-state index < -0.39 is 0 Å². The Labute approximate surface area is 220 Å². The van der Waals surface area contributed by atoms with Crippen molar-refractivity contribution in [2.75, 3.05) is 34.7 Å². The van der Waals surface area contributed by atoms with Gasteiger partial charge in [-0.3, -0.25) is 0 Å². The summed E-state index contributed by atoms with van der Waals surface area (Å²) in [5.41, 5.74) is 2.81. The van der Waals surface area contributed by atoms with Crippen LogP contribution in [0.25, 0.3) is 0 Å². The Morgan fingerprint density at radius 1 is 0.946 bits per heavy atom. The topological polar surface area (TPSA) is 95.5 Å². The molecule has 2 atom stereocenters. The Balaban J connectivity index is 0.000000247. The average Bonchev–Trinajstić information content (AvgIpc) is 3.24. The Morgan fingerprint density at radius 3 is 2.16 bits per heavy atom. The maximum Gasteiger partial charge on any atom is 0.231 e. The summed E-state index contributed by atoms with van der Waals surface area (Å²) in [5.74, 6) is 3.23. The molecule has 3 aliphatic rings. The monoisotopic (exact) mass is 515 g/mol. The summed E-state index contributed by atoms with van der Waals surface area (Å²) in [6.45, 7) is 3.17. The first-order valence-corrected chi connectivity index (χ1v) is 13.0. The fourth-order valence-corrected chi connectivity index (χ4v) is 5.42. The highest BCUT2D eigenvalue weighted by Gasteiger charge is 2.33. The van der Waals surface area contributed by atoms with E-state index in [1.165, 1.54) is 70.3 Å². The summed E-state index contributed by atoms with van der Waals surface area (Å²) in [6.07, 6.45) is 10.4. The van der Waals surface area contributed by atoms with Gasteiger partial charge in [-0.25, -0.2) is 0 Å². The Morgan fingerprint density at radius 2 is 1.57 bits per heavy atom. The molecule has 2 aromatic rings. The van der Waals surface area contributed by atoms with Gasteiger partial charge in [-0.2, -0.15) is 0 Å². The van der Waals surface area contributed by atoms with E-state index in [1.807, 2.05) is 13.9 Å². The molecule has 5 rings (SSSR count). The number of carbonyl (C=O) groups is 1. The molecular weight excluding hydrogens is 474 g/mol. The number of aryl methyl sites for hydroxylation is 1. The zero-order chi connectivity index (χ0) is 26.6. The van der Waals surface area contributed by atoms with E-state index >= 15 is 0 Å². The van der Waals surface area contributed by atoms with E-state index in [-0.39, 0.29) is 5.75 Å². The van der Waals surface area contributed by atoms with Crippen LogP contribution in [0.1, 0.15) is 62.1 Å². The van der Waals surface area contributed by atoms with Crippen LogP contribution in [-0.2, 0) is 16.0 Å². The second kappa shape index (κ2) is 14.7. The van der Waals surface area contributed by atoms with Crippen molar-refractivity contribution in [3.8, 4) is 28.7 Å². The third-order valence-corrected chi connectivity index (χ3v) is 7.28. The quantitative estimate of drug-likeness (QED) is 0.507. The van der Waals surface area contributed by atoms with Gasteiger partial charge in [0.2, 0.25) is 12.5 Å². The highest BCUT2D eigenvalue weighted by molar-refractivity contribution is 5.51. The highest BCUT2D eigenvalue weighted by atomic mass is 16.7. The number of hydrogen-bond acceptors (Lipinski definition) is 8. The molecule has 1 heterocycles. The SMILES string of the molecule is C=O.COCC1CCc2cc3c(cc2C1NC1CCCCCC1)OCO3.COc1cccc(OC)c1O. The van der Waals surface area contributed by atoms with Gasteiger partial charge in [0, 0.05) is 25.1 Å². The van der Waals surface area contributed by atoms with Gasteiger partial charge in [0.15, 0.2) is 23.0 Å². The van der Waals surface area contributed by atoms with E-state index in [4.69, 9.17) is 28.5 Å². The summed E-state index contributed by atoms with van der Waals surface area (Å²) in [7, 11) is 4.81. The summed E-state index contributed by atoms with van der Waals surface area (Å²) in [4.78, 5) is 8.00. The number of para-hydroxylation sites is 1. The van der Waals surface area contributed by atoms with E-state index in [9.17, 15) is 5.11 Å². The standard InChI is InChI=1S/C20H29NO3.C8H10O3.CH2O/c1-22-12-15-9-8-14-10-18-19(24-13-23-18)11-17(14)20(15)21-16-6-4-2-3-5-7-16;1-10-6-4-3-5-7(11-2)8(6)9;1-2/h10-11,15-16,20-21H,2-9,12-13H2,1H3;3-5,9H,1-2H3;1H2. The molecule has 37 heavy (non-hydrogen) atoms. The Bertz CT molecular complexity index is 953. The van der Waals surface area contributed by atoms with Crippen molar-refractivity contribution in [1.82, 2.24) is 5.32 Å². The Hall–Kier alpha value is -2.97. The number of rotatable bonds is 6. The van der Waals surface area contributed by atoms with Gasteiger partial charge in [0.05, 0.1) is 20.8 Å². The first kappa shape index (κ1) is 28.6. The number of phenols is 1. The lowest BCUT2D eigenvalue weighted by molar-refractivity contribution is -0.0980.